The standard InChI is InChI=1S/C11H16N4O4/c1-18-11(17)6-9-7-14(4-5-19-9)10(16)8-15-3-2-12-13-15/h2-3,9H,4-8H2,1H3. The molecule has 0 aliphatic carbocycles. The van der Waals surface area contributed by atoms with E-state index in [1.165, 1.54) is 18.0 Å². The summed E-state index contributed by atoms with van der Waals surface area (Å²) in [7, 11) is 1.33. The summed E-state index contributed by atoms with van der Waals surface area (Å²) in [6.45, 7) is 1.48. The van der Waals surface area contributed by atoms with E-state index in [1.54, 1.807) is 11.1 Å². The molecule has 1 amide bonds. The maximum absolute atomic E-state index is 12.0. The van der Waals surface area contributed by atoms with Gasteiger partial charge in [0.25, 0.3) is 0 Å². The number of carbonyl (C=O) groups is 2. The van der Waals surface area contributed by atoms with Gasteiger partial charge in [0.15, 0.2) is 0 Å². The summed E-state index contributed by atoms with van der Waals surface area (Å²) < 4.78 is 11.5. The van der Waals surface area contributed by atoms with E-state index in [1.807, 2.05) is 0 Å². The average Bonchev–Trinajstić information content (AvgIpc) is 2.91. The molecule has 8 heteroatoms. The molecule has 0 N–H and O–H groups in total. The molecule has 2 rings (SSSR count). The summed E-state index contributed by atoms with van der Waals surface area (Å²) in [5.41, 5.74) is 0. The molecular formula is C11H16N4O4. The summed E-state index contributed by atoms with van der Waals surface area (Å²) in [6, 6.07) is 0. The van der Waals surface area contributed by atoms with Crippen LogP contribution in [0.5, 0.6) is 0 Å². The summed E-state index contributed by atoms with van der Waals surface area (Å²) >= 11 is 0. The molecule has 1 unspecified atom stereocenters. The predicted octanol–water partition coefficient (Wildman–Crippen LogP) is -0.931. The third-order valence-corrected chi connectivity index (χ3v) is 2.88. The average molecular weight is 268 g/mol. The van der Waals surface area contributed by atoms with Gasteiger partial charge in [-0.15, -0.1) is 5.10 Å². The first-order valence-electron chi connectivity index (χ1n) is 5.99. The topological polar surface area (TPSA) is 86.6 Å². The van der Waals surface area contributed by atoms with Crippen molar-refractivity contribution in [2.45, 2.75) is 19.1 Å². The number of amides is 1. The van der Waals surface area contributed by atoms with Crippen LogP contribution in [-0.4, -0.2) is 64.7 Å². The molecule has 104 valence electrons. The molecule has 1 aromatic rings. The number of rotatable bonds is 4. The molecular weight excluding hydrogens is 252 g/mol. The molecule has 1 atom stereocenters. The zero-order valence-electron chi connectivity index (χ0n) is 10.7. The molecule has 0 spiro atoms. The minimum Gasteiger partial charge on any atom is -0.469 e. The lowest BCUT2D eigenvalue weighted by atomic mass is 10.2. The summed E-state index contributed by atoms with van der Waals surface area (Å²) in [5, 5.41) is 7.39. The van der Waals surface area contributed by atoms with Gasteiger partial charge in [-0.1, -0.05) is 5.21 Å². The van der Waals surface area contributed by atoms with Crippen LogP contribution >= 0.6 is 0 Å². The Bertz CT molecular complexity index is 434. The molecule has 8 nitrogen and oxygen atoms in total. The van der Waals surface area contributed by atoms with Gasteiger partial charge in [-0.25, -0.2) is 4.68 Å². The number of hydrogen-bond donors (Lipinski definition) is 0. The second-order valence-corrected chi connectivity index (χ2v) is 4.21. The normalized spacial score (nSPS) is 19.2. The van der Waals surface area contributed by atoms with E-state index in [0.29, 0.717) is 19.7 Å². The number of aromatic nitrogens is 3. The lowest BCUT2D eigenvalue weighted by Crippen LogP contribution is -2.47. The lowest BCUT2D eigenvalue weighted by molar-refractivity contribution is -0.150. The van der Waals surface area contributed by atoms with Gasteiger partial charge in [0.1, 0.15) is 6.54 Å². The Balaban J connectivity index is 1.86. The van der Waals surface area contributed by atoms with Crippen LogP contribution in [0.15, 0.2) is 12.4 Å². The molecule has 0 bridgehead atoms. The van der Waals surface area contributed by atoms with Crippen LogP contribution < -0.4 is 0 Å². The Morgan fingerprint density at radius 1 is 1.53 bits per heavy atom. The van der Waals surface area contributed by atoms with Gasteiger partial charge in [0.05, 0.1) is 32.4 Å². The number of morpholine rings is 1. The van der Waals surface area contributed by atoms with E-state index in [9.17, 15) is 9.59 Å². The minimum absolute atomic E-state index is 0.0661. The van der Waals surface area contributed by atoms with Crippen LogP contribution in [0, 0.1) is 0 Å². The first-order valence-corrected chi connectivity index (χ1v) is 5.99. The van der Waals surface area contributed by atoms with Crippen molar-refractivity contribution >= 4 is 11.9 Å². The van der Waals surface area contributed by atoms with Gasteiger partial charge in [-0.3, -0.25) is 9.59 Å². The van der Waals surface area contributed by atoms with Gasteiger partial charge in [-0.05, 0) is 0 Å². The highest BCUT2D eigenvalue weighted by Gasteiger charge is 2.26. The van der Waals surface area contributed by atoms with Crippen molar-refractivity contribution in [3.05, 3.63) is 12.4 Å². The lowest BCUT2D eigenvalue weighted by Gasteiger charge is -2.32. The first kappa shape index (κ1) is 13.5. The van der Waals surface area contributed by atoms with Gasteiger partial charge in [0, 0.05) is 19.3 Å². The number of hydrogen-bond acceptors (Lipinski definition) is 6. The smallest absolute Gasteiger partial charge is 0.308 e. The SMILES string of the molecule is COC(=O)CC1CN(C(=O)Cn2ccnn2)CCO1. The Hall–Kier alpha value is -1.96. The first-order chi connectivity index (χ1) is 9.19. The summed E-state index contributed by atoms with van der Waals surface area (Å²) in [6.07, 6.45) is 3.00. The van der Waals surface area contributed by atoms with Crippen molar-refractivity contribution in [3.8, 4) is 0 Å². The minimum atomic E-state index is -0.337. The van der Waals surface area contributed by atoms with E-state index in [2.05, 4.69) is 15.0 Å². The highest BCUT2D eigenvalue weighted by molar-refractivity contribution is 5.76. The molecule has 1 saturated heterocycles. The monoisotopic (exact) mass is 268 g/mol. The Morgan fingerprint density at radius 2 is 2.37 bits per heavy atom. The molecule has 0 aromatic carbocycles. The van der Waals surface area contributed by atoms with Crippen molar-refractivity contribution in [2.24, 2.45) is 0 Å². The molecule has 2 heterocycles. The van der Waals surface area contributed by atoms with Gasteiger partial charge < -0.3 is 14.4 Å². The van der Waals surface area contributed by atoms with Crippen molar-refractivity contribution in [1.82, 2.24) is 19.9 Å². The van der Waals surface area contributed by atoms with Crippen molar-refractivity contribution in [2.75, 3.05) is 26.8 Å². The molecule has 1 aromatic heterocycles. The highest BCUT2D eigenvalue weighted by Crippen LogP contribution is 2.10. The second-order valence-electron chi connectivity index (χ2n) is 4.21. The molecule has 19 heavy (non-hydrogen) atoms. The van der Waals surface area contributed by atoms with Crippen molar-refractivity contribution < 1.29 is 19.1 Å². The van der Waals surface area contributed by atoms with Gasteiger partial charge in [0.2, 0.25) is 5.91 Å². The third kappa shape index (κ3) is 3.75. The number of nitrogens with zero attached hydrogens (tertiary/aromatic N) is 4. The Kier molecular flexibility index (Phi) is 4.45. The number of esters is 1. The Labute approximate surface area is 110 Å². The zero-order chi connectivity index (χ0) is 13.7. The quantitative estimate of drug-likeness (QED) is 0.656. The van der Waals surface area contributed by atoms with E-state index in [-0.39, 0.29) is 30.9 Å². The summed E-state index contributed by atoms with van der Waals surface area (Å²) in [5.74, 6) is -0.403. The van der Waals surface area contributed by atoms with E-state index in [0.717, 1.165) is 0 Å². The van der Waals surface area contributed by atoms with Crippen molar-refractivity contribution in [3.63, 3.8) is 0 Å². The van der Waals surface area contributed by atoms with Crippen LogP contribution in [0.3, 0.4) is 0 Å². The fraction of sp³-hybridized carbons (Fsp3) is 0.636. The molecule has 1 aliphatic rings. The van der Waals surface area contributed by atoms with Gasteiger partial charge >= 0.3 is 5.97 Å². The Morgan fingerprint density at radius 3 is 3.05 bits per heavy atom. The van der Waals surface area contributed by atoms with E-state index in [4.69, 9.17) is 4.74 Å². The molecule has 0 radical (unpaired) electrons. The highest BCUT2D eigenvalue weighted by atomic mass is 16.5. The fourth-order valence-electron chi connectivity index (χ4n) is 1.89. The second kappa shape index (κ2) is 6.28. The number of ether oxygens (including phenoxy) is 2. The number of carbonyl (C=O) groups excluding carboxylic acids is 2. The van der Waals surface area contributed by atoms with Crippen molar-refractivity contribution in [1.29, 1.82) is 0 Å². The van der Waals surface area contributed by atoms with Crippen LogP contribution in [0.25, 0.3) is 0 Å². The number of methoxy groups -OCH3 is 1. The van der Waals surface area contributed by atoms with Crippen LogP contribution in [0.4, 0.5) is 0 Å². The van der Waals surface area contributed by atoms with Crippen LogP contribution in [0.2, 0.25) is 0 Å². The van der Waals surface area contributed by atoms with Gasteiger partial charge in [-0.2, -0.15) is 0 Å². The fourth-order valence-corrected chi connectivity index (χ4v) is 1.89. The van der Waals surface area contributed by atoms with E-state index >= 15 is 0 Å². The molecule has 1 fully saturated rings. The summed E-state index contributed by atoms with van der Waals surface area (Å²) in [4.78, 5) is 24.9. The molecule has 0 saturated carbocycles. The maximum atomic E-state index is 12.0. The maximum Gasteiger partial charge on any atom is 0.308 e. The van der Waals surface area contributed by atoms with E-state index < -0.39 is 0 Å². The largest absolute Gasteiger partial charge is 0.469 e. The van der Waals surface area contributed by atoms with Crippen LogP contribution in [0.1, 0.15) is 6.42 Å². The molecule has 1 aliphatic heterocycles. The zero-order valence-corrected chi connectivity index (χ0v) is 10.7. The van der Waals surface area contributed by atoms with Crippen LogP contribution in [-0.2, 0) is 25.6 Å². The predicted molar refractivity (Wildman–Crippen MR) is 63.0 cm³/mol. The third-order valence-electron chi connectivity index (χ3n) is 2.88.